The van der Waals surface area contributed by atoms with Gasteiger partial charge in [0.05, 0.1) is 12.6 Å². The van der Waals surface area contributed by atoms with Gasteiger partial charge in [0.15, 0.2) is 0 Å². The molecule has 1 aromatic rings. The van der Waals surface area contributed by atoms with Crippen molar-refractivity contribution in [1.82, 2.24) is 4.98 Å². The molecule has 2 atom stereocenters. The highest BCUT2D eigenvalue weighted by atomic mass is 79.9. The molecule has 1 aromatic heterocycles. The van der Waals surface area contributed by atoms with Crippen molar-refractivity contribution in [2.24, 2.45) is 0 Å². The number of anilines is 1. The van der Waals surface area contributed by atoms with Crippen LogP contribution in [0.25, 0.3) is 0 Å². The molecule has 1 aliphatic rings. The molecule has 1 aliphatic heterocycles. The summed E-state index contributed by atoms with van der Waals surface area (Å²) in [5.74, 6) is 0.749. The van der Waals surface area contributed by atoms with E-state index in [-0.39, 0.29) is 6.54 Å². The maximum atomic E-state index is 13.3. The van der Waals surface area contributed by atoms with Crippen LogP contribution in [0.3, 0.4) is 0 Å². The number of aromatic nitrogens is 1. The van der Waals surface area contributed by atoms with Crippen molar-refractivity contribution in [3.05, 3.63) is 22.8 Å². The summed E-state index contributed by atoms with van der Waals surface area (Å²) in [6.45, 7) is 0.857. The minimum atomic E-state index is -1.18. The first-order valence-corrected chi connectivity index (χ1v) is 5.65. The molecule has 82 valence electrons. The van der Waals surface area contributed by atoms with Crippen LogP contribution in [-0.4, -0.2) is 35.5 Å². The Balaban J connectivity index is 2.12. The van der Waals surface area contributed by atoms with Gasteiger partial charge in [0.25, 0.3) is 0 Å². The Morgan fingerprint density at radius 2 is 2.40 bits per heavy atom. The van der Waals surface area contributed by atoms with Crippen LogP contribution in [0.2, 0.25) is 0 Å². The molecule has 0 spiro atoms. The van der Waals surface area contributed by atoms with Crippen molar-refractivity contribution in [2.75, 3.05) is 18.0 Å². The van der Waals surface area contributed by atoms with E-state index in [4.69, 9.17) is 0 Å². The van der Waals surface area contributed by atoms with Crippen molar-refractivity contribution in [2.45, 2.75) is 18.7 Å². The van der Waals surface area contributed by atoms with Crippen molar-refractivity contribution < 1.29 is 9.50 Å². The van der Waals surface area contributed by atoms with Gasteiger partial charge < -0.3 is 10.0 Å². The minimum Gasteiger partial charge on any atom is -0.390 e. The standard InChI is InChI=1S/C10H12BrFN2O/c11-7-1-3-13-10(5-7)14-4-2-9(15)8(12)6-14/h1,3,5,8-9,15H,2,4,6H2/t8-,9?/m1/s1. The first-order chi connectivity index (χ1) is 7.16. The molecule has 5 heteroatoms. The quantitative estimate of drug-likeness (QED) is 0.848. The Morgan fingerprint density at radius 3 is 3.07 bits per heavy atom. The molecule has 2 heterocycles. The smallest absolute Gasteiger partial charge is 0.143 e. The lowest BCUT2D eigenvalue weighted by molar-refractivity contribution is 0.0614. The molecule has 1 fully saturated rings. The number of halogens is 2. The van der Waals surface area contributed by atoms with Crippen LogP contribution in [0.5, 0.6) is 0 Å². The summed E-state index contributed by atoms with van der Waals surface area (Å²) < 4.78 is 14.2. The van der Waals surface area contributed by atoms with Gasteiger partial charge in [-0.1, -0.05) is 15.9 Å². The summed E-state index contributed by atoms with van der Waals surface area (Å²) in [6, 6.07) is 3.68. The van der Waals surface area contributed by atoms with E-state index in [0.29, 0.717) is 13.0 Å². The summed E-state index contributed by atoms with van der Waals surface area (Å²) in [4.78, 5) is 6.02. The normalized spacial score (nSPS) is 26.7. The molecule has 0 amide bonds. The second kappa shape index (κ2) is 4.45. The number of alkyl halides is 1. The molecule has 15 heavy (non-hydrogen) atoms. The molecule has 0 saturated carbocycles. The molecular weight excluding hydrogens is 263 g/mol. The van der Waals surface area contributed by atoms with Crippen molar-refractivity contribution in [3.8, 4) is 0 Å². The Hall–Kier alpha value is -0.680. The fraction of sp³-hybridized carbons (Fsp3) is 0.500. The average molecular weight is 275 g/mol. The van der Waals surface area contributed by atoms with Gasteiger partial charge in [0.2, 0.25) is 0 Å². The lowest BCUT2D eigenvalue weighted by Gasteiger charge is -2.33. The monoisotopic (exact) mass is 274 g/mol. The highest BCUT2D eigenvalue weighted by Gasteiger charge is 2.27. The van der Waals surface area contributed by atoms with Crippen LogP contribution in [-0.2, 0) is 0 Å². The third-order valence-electron chi connectivity index (χ3n) is 2.54. The van der Waals surface area contributed by atoms with E-state index in [9.17, 15) is 9.50 Å². The number of piperidine rings is 1. The molecular formula is C10H12BrFN2O. The highest BCUT2D eigenvalue weighted by molar-refractivity contribution is 9.10. The first kappa shape index (κ1) is 10.8. The van der Waals surface area contributed by atoms with Gasteiger partial charge in [0, 0.05) is 17.2 Å². The number of pyridine rings is 1. The van der Waals surface area contributed by atoms with Crippen LogP contribution in [0.1, 0.15) is 6.42 Å². The topological polar surface area (TPSA) is 36.4 Å². The number of nitrogens with zero attached hydrogens (tertiary/aromatic N) is 2. The van der Waals surface area contributed by atoms with Gasteiger partial charge in [-0.05, 0) is 18.6 Å². The van der Waals surface area contributed by atoms with E-state index in [1.54, 1.807) is 6.20 Å². The van der Waals surface area contributed by atoms with E-state index in [1.165, 1.54) is 0 Å². The second-order valence-electron chi connectivity index (χ2n) is 3.65. The van der Waals surface area contributed by atoms with E-state index in [1.807, 2.05) is 17.0 Å². The second-order valence-corrected chi connectivity index (χ2v) is 4.57. The summed E-state index contributed by atoms with van der Waals surface area (Å²) in [5.41, 5.74) is 0. The van der Waals surface area contributed by atoms with Crippen LogP contribution < -0.4 is 4.90 Å². The molecule has 0 aliphatic carbocycles. The Labute approximate surface area is 96.1 Å². The molecule has 0 radical (unpaired) electrons. The predicted molar refractivity (Wildman–Crippen MR) is 59.7 cm³/mol. The van der Waals surface area contributed by atoms with Crippen LogP contribution in [0.4, 0.5) is 10.2 Å². The van der Waals surface area contributed by atoms with E-state index < -0.39 is 12.3 Å². The van der Waals surface area contributed by atoms with Crippen LogP contribution in [0, 0.1) is 0 Å². The fourth-order valence-electron chi connectivity index (χ4n) is 1.67. The number of hydrogen-bond acceptors (Lipinski definition) is 3. The molecule has 3 nitrogen and oxygen atoms in total. The largest absolute Gasteiger partial charge is 0.390 e. The van der Waals surface area contributed by atoms with Crippen LogP contribution in [0.15, 0.2) is 22.8 Å². The van der Waals surface area contributed by atoms with Gasteiger partial charge in [-0.3, -0.25) is 0 Å². The zero-order valence-corrected chi connectivity index (χ0v) is 9.69. The highest BCUT2D eigenvalue weighted by Crippen LogP contribution is 2.22. The fourth-order valence-corrected chi connectivity index (χ4v) is 1.99. The molecule has 1 saturated heterocycles. The average Bonchev–Trinajstić information content (AvgIpc) is 2.22. The first-order valence-electron chi connectivity index (χ1n) is 4.85. The summed E-state index contributed by atoms with van der Waals surface area (Å²) in [5, 5.41) is 9.27. The van der Waals surface area contributed by atoms with Gasteiger partial charge >= 0.3 is 0 Å². The zero-order chi connectivity index (χ0) is 10.8. The Kier molecular flexibility index (Phi) is 3.21. The maximum Gasteiger partial charge on any atom is 0.143 e. The summed E-state index contributed by atoms with van der Waals surface area (Å²) >= 11 is 3.35. The van der Waals surface area contributed by atoms with Crippen molar-refractivity contribution >= 4 is 21.7 Å². The number of hydrogen-bond donors (Lipinski definition) is 1. The number of aliphatic hydroxyl groups is 1. The Bertz CT molecular complexity index is 350. The van der Waals surface area contributed by atoms with Crippen molar-refractivity contribution in [3.63, 3.8) is 0 Å². The summed E-state index contributed by atoms with van der Waals surface area (Å²) in [7, 11) is 0. The Morgan fingerprint density at radius 1 is 1.60 bits per heavy atom. The molecule has 1 N–H and O–H groups in total. The van der Waals surface area contributed by atoms with Gasteiger partial charge in [-0.25, -0.2) is 9.37 Å². The van der Waals surface area contributed by atoms with Gasteiger partial charge in [0.1, 0.15) is 12.0 Å². The molecule has 2 rings (SSSR count). The third kappa shape index (κ3) is 2.46. The lowest BCUT2D eigenvalue weighted by Crippen LogP contribution is -2.44. The molecule has 1 unspecified atom stereocenters. The van der Waals surface area contributed by atoms with Gasteiger partial charge in [-0.15, -0.1) is 0 Å². The molecule has 0 bridgehead atoms. The molecule has 0 aromatic carbocycles. The van der Waals surface area contributed by atoms with Gasteiger partial charge in [-0.2, -0.15) is 0 Å². The SMILES string of the molecule is OC1CCN(c2cc(Br)ccn2)C[C@H]1F. The van der Waals surface area contributed by atoms with Crippen LogP contribution >= 0.6 is 15.9 Å². The lowest BCUT2D eigenvalue weighted by atomic mass is 10.1. The van der Waals surface area contributed by atoms with Crippen molar-refractivity contribution in [1.29, 1.82) is 0 Å². The summed E-state index contributed by atoms with van der Waals surface area (Å²) in [6.07, 6.45) is 0.125. The van der Waals surface area contributed by atoms with E-state index >= 15 is 0 Å². The van der Waals surface area contributed by atoms with E-state index in [2.05, 4.69) is 20.9 Å². The zero-order valence-electron chi connectivity index (χ0n) is 8.11. The number of aliphatic hydroxyl groups excluding tert-OH is 1. The maximum absolute atomic E-state index is 13.3. The third-order valence-corrected chi connectivity index (χ3v) is 3.03. The van der Waals surface area contributed by atoms with E-state index in [0.717, 1.165) is 10.3 Å². The predicted octanol–water partition coefficient (Wildman–Crippen LogP) is 1.75. The minimum absolute atomic E-state index is 0.213. The number of rotatable bonds is 1.